The fourth-order valence-corrected chi connectivity index (χ4v) is 8.18. The predicted molar refractivity (Wildman–Crippen MR) is 112 cm³/mol. The fraction of sp³-hybridized carbons (Fsp3) is 0.550. The Bertz CT molecular complexity index is 918. The first-order valence-electron chi connectivity index (χ1n) is 9.74. The average molecular weight is 421 g/mol. The van der Waals surface area contributed by atoms with Gasteiger partial charge in [0.2, 0.25) is 0 Å². The second-order valence-electron chi connectivity index (χ2n) is 7.84. The van der Waals surface area contributed by atoms with Crippen LogP contribution >= 0.6 is 11.8 Å². The topological polar surface area (TPSA) is 83.9 Å². The number of benzene rings is 1. The molecule has 3 aliphatic rings. The Morgan fingerprint density at radius 1 is 1.07 bits per heavy atom. The number of amides is 1. The van der Waals surface area contributed by atoms with Crippen LogP contribution in [0.25, 0.3) is 0 Å². The van der Waals surface area contributed by atoms with Gasteiger partial charge in [-0.05, 0) is 44.0 Å². The molecule has 2 heterocycles. The zero-order chi connectivity index (χ0) is 19.9. The van der Waals surface area contributed by atoms with E-state index < -0.39 is 9.84 Å². The minimum Gasteiger partial charge on any atom is -0.316 e. The van der Waals surface area contributed by atoms with E-state index in [1.165, 1.54) is 25.1 Å². The SMILES string of the molecule is CC(=O)c1ccc(N2C(=NC(=O)C3CCCCC3)S[C@@H]3CS(=O)(=O)C[C@@H]32)cc1. The van der Waals surface area contributed by atoms with Gasteiger partial charge in [-0.3, -0.25) is 9.59 Å². The van der Waals surface area contributed by atoms with E-state index in [1.807, 2.05) is 17.0 Å². The van der Waals surface area contributed by atoms with Gasteiger partial charge in [0.25, 0.3) is 5.91 Å². The number of carbonyl (C=O) groups is 2. The highest BCUT2D eigenvalue weighted by Crippen LogP contribution is 2.41. The largest absolute Gasteiger partial charge is 0.316 e. The first-order chi connectivity index (χ1) is 13.3. The van der Waals surface area contributed by atoms with Gasteiger partial charge in [-0.15, -0.1) is 0 Å². The Kier molecular flexibility index (Phi) is 5.35. The third-order valence-corrected chi connectivity index (χ3v) is 8.99. The van der Waals surface area contributed by atoms with Crippen molar-refractivity contribution in [3.05, 3.63) is 29.8 Å². The van der Waals surface area contributed by atoms with Crippen molar-refractivity contribution < 1.29 is 18.0 Å². The van der Waals surface area contributed by atoms with Crippen molar-refractivity contribution in [1.29, 1.82) is 0 Å². The number of rotatable bonds is 3. The Morgan fingerprint density at radius 2 is 1.75 bits per heavy atom. The minimum atomic E-state index is -3.10. The van der Waals surface area contributed by atoms with Crippen LogP contribution in [0.3, 0.4) is 0 Å². The van der Waals surface area contributed by atoms with Gasteiger partial charge >= 0.3 is 0 Å². The molecule has 0 N–H and O–H groups in total. The minimum absolute atomic E-state index is 0.0204. The quantitative estimate of drug-likeness (QED) is 0.699. The first kappa shape index (κ1) is 19.6. The smallest absolute Gasteiger partial charge is 0.251 e. The number of hydrogen-bond acceptors (Lipinski definition) is 5. The van der Waals surface area contributed by atoms with Gasteiger partial charge in [0, 0.05) is 22.4 Å². The summed E-state index contributed by atoms with van der Waals surface area (Å²) in [7, 11) is -3.10. The van der Waals surface area contributed by atoms with Gasteiger partial charge in [0.05, 0.1) is 17.5 Å². The summed E-state index contributed by atoms with van der Waals surface area (Å²) < 4.78 is 24.3. The van der Waals surface area contributed by atoms with E-state index in [9.17, 15) is 18.0 Å². The zero-order valence-electron chi connectivity index (χ0n) is 15.8. The lowest BCUT2D eigenvalue weighted by atomic mass is 9.89. The summed E-state index contributed by atoms with van der Waals surface area (Å²) in [6.45, 7) is 1.51. The molecular formula is C20H24N2O4S2. The van der Waals surface area contributed by atoms with Gasteiger partial charge in [-0.1, -0.05) is 31.0 Å². The molecule has 1 aromatic carbocycles. The molecule has 2 aliphatic heterocycles. The van der Waals surface area contributed by atoms with E-state index in [1.54, 1.807) is 12.1 Å². The van der Waals surface area contributed by atoms with E-state index in [4.69, 9.17) is 0 Å². The van der Waals surface area contributed by atoms with Gasteiger partial charge in [0.15, 0.2) is 20.8 Å². The molecule has 0 aromatic heterocycles. The molecule has 6 nitrogen and oxygen atoms in total. The highest BCUT2D eigenvalue weighted by atomic mass is 32.2. The fourth-order valence-electron chi connectivity index (χ4n) is 4.26. The summed E-state index contributed by atoms with van der Waals surface area (Å²) in [5, 5.41) is 0.478. The average Bonchev–Trinajstić information content (AvgIpc) is 3.13. The zero-order valence-corrected chi connectivity index (χ0v) is 17.5. The molecule has 1 saturated carbocycles. The molecule has 0 spiro atoms. The van der Waals surface area contributed by atoms with Gasteiger partial charge in [0.1, 0.15) is 0 Å². The van der Waals surface area contributed by atoms with Crippen molar-refractivity contribution in [3.8, 4) is 0 Å². The summed E-state index contributed by atoms with van der Waals surface area (Å²) in [6.07, 6.45) is 5.07. The Balaban J connectivity index is 1.65. The second kappa shape index (κ2) is 7.63. The molecule has 8 heteroatoms. The number of anilines is 1. The molecule has 150 valence electrons. The number of hydrogen-bond donors (Lipinski definition) is 0. The van der Waals surface area contributed by atoms with E-state index in [-0.39, 0.29) is 40.4 Å². The maximum Gasteiger partial charge on any atom is 0.251 e. The lowest BCUT2D eigenvalue weighted by Gasteiger charge is -2.25. The first-order valence-corrected chi connectivity index (χ1v) is 12.4. The monoisotopic (exact) mass is 420 g/mol. The van der Waals surface area contributed by atoms with E-state index in [0.717, 1.165) is 31.4 Å². The molecule has 4 rings (SSSR count). The maximum atomic E-state index is 12.7. The van der Waals surface area contributed by atoms with Crippen LogP contribution in [0, 0.1) is 5.92 Å². The molecule has 2 saturated heterocycles. The maximum absolute atomic E-state index is 12.7. The number of fused-ring (bicyclic) bond motifs is 1. The normalized spacial score (nSPS) is 28.5. The van der Waals surface area contributed by atoms with Crippen molar-refractivity contribution in [2.45, 2.75) is 50.3 Å². The lowest BCUT2D eigenvalue weighted by molar-refractivity contribution is -0.122. The van der Waals surface area contributed by atoms with Crippen LogP contribution in [0.4, 0.5) is 5.69 Å². The molecule has 1 amide bonds. The number of nitrogens with zero attached hydrogens (tertiary/aromatic N) is 2. The molecule has 0 radical (unpaired) electrons. The molecular weight excluding hydrogens is 396 g/mol. The molecule has 1 aromatic rings. The van der Waals surface area contributed by atoms with E-state index in [0.29, 0.717) is 10.7 Å². The summed E-state index contributed by atoms with van der Waals surface area (Å²) >= 11 is 1.40. The number of Topliss-reactive ketones (excluding diaryl/α,β-unsaturated/α-hetero) is 1. The van der Waals surface area contributed by atoms with Crippen molar-refractivity contribution >= 4 is 44.1 Å². The van der Waals surface area contributed by atoms with Crippen molar-refractivity contribution in [2.75, 3.05) is 16.4 Å². The van der Waals surface area contributed by atoms with Gasteiger partial charge in [-0.2, -0.15) is 4.99 Å². The Morgan fingerprint density at radius 3 is 2.39 bits per heavy atom. The number of carbonyl (C=O) groups excluding carboxylic acids is 2. The summed E-state index contributed by atoms with van der Waals surface area (Å²) in [4.78, 5) is 30.6. The molecule has 3 fully saturated rings. The van der Waals surface area contributed by atoms with Crippen molar-refractivity contribution in [3.63, 3.8) is 0 Å². The van der Waals surface area contributed by atoms with Crippen LogP contribution in [0.2, 0.25) is 0 Å². The summed E-state index contributed by atoms with van der Waals surface area (Å²) in [6, 6.07) is 6.87. The van der Waals surface area contributed by atoms with Crippen molar-refractivity contribution in [1.82, 2.24) is 0 Å². The van der Waals surface area contributed by atoms with Crippen LogP contribution in [-0.4, -0.2) is 48.1 Å². The van der Waals surface area contributed by atoms with E-state index in [2.05, 4.69) is 4.99 Å². The van der Waals surface area contributed by atoms with Crippen LogP contribution in [0.1, 0.15) is 49.4 Å². The number of aliphatic imine (C=N–C) groups is 1. The molecule has 28 heavy (non-hydrogen) atoms. The Labute approximate surface area is 169 Å². The molecule has 0 unspecified atom stereocenters. The van der Waals surface area contributed by atoms with E-state index >= 15 is 0 Å². The number of ketones is 1. The van der Waals surface area contributed by atoms with Crippen LogP contribution in [-0.2, 0) is 14.6 Å². The number of sulfone groups is 1. The van der Waals surface area contributed by atoms with Crippen LogP contribution < -0.4 is 4.90 Å². The highest BCUT2D eigenvalue weighted by molar-refractivity contribution is 8.16. The second-order valence-corrected chi connectivity index (χ2v) is 11.2. The summed E-state index contributed by atoms with van der Waals surface area (Å²) in [5.41, 5.74) is 1.38. The van der Waals surface area contributed by atoms with Crippen molar-refractivity contribution in [2.24, 2.45) is 10.9 Å². The lowest BCUT2D eigenvalue weighted by Crippen LogP contribution is -2.38. The van der Waals surface area contributed by atoms with Crippen LogP contribution in [0.5, 0.6) is 0 Å². The molecule has 1 aliphatic carbocycles. The van der Waals surface area contributed by atoms with Gasteiger partial charge in [-0.25, -0.2) is 8.42 Å². The summed E-state index contributed by atoms with van der Waals surface area (Å²) in [5.74, 6) is 0.0462. The Hall–Kier alpha value is -1.67. The predicted octanol–water partition coefficient (Wildman–Crippen LogP) is 3.07. The highest BCUT2D eigenvalue weighted by Gasteiger charge is 2.49. The van der Waals surface area contributed by atoms with Crippen LogP contribution in [0.15, 0.2) is 29.3 Å². The van der Waals surface area contributed by atoms with Gasteiger partial charge < -0.3 is 4.90 Å². The number of amidine groups is 1. The molecule has 2 atom stereocenters. The standard InChI is InChI=1S/C20H24N2O4S2/c1-13(23)14-7-9-16(10-8-14)22-17-11-28(25,26)12-18(17)27-20(22)21-19(24)15-5-3-2-4-6-15/h7-10,15,17-18H,2-6,11-12H2,1H3/t17-,18+/m0/s1. The third-order valence-electron chi connectivity index (χ3n) is 5.78. The molecule has 0 bridgehead atoms. The number of thioether (sulfide) groups is 1. The third kappa shape index (κ3) is 3.89.